The van der Waals surface area contributed by atoms with Crippen molar-refractivity contribution in [1.82, 2.24) is 0 Å². The Balaban J connectivity index is 1.05. The maximum absolute atomic E-state index is 15.8. The van der Waals surface area contributed by atoms with Gasteiger partial charge in [0.05, 0.1) is 120 Å². The van der Waals surface area contributed by atoms with Crippen LogP contribution in [0, 0.1) is 54.1 Å². The average molecular weight is 1440 g/mol. The van der Waals surface area contributed by atoms with E-state index in [1.54, 1.807) is 41.5 Å². The van der Waals surface area contributed by atoms with Crippen molar-refractivity contribution in [3.8, 4) is 0 Å². The van der Waals surface area contributed by atoms with Gasteiger partial charge in [0.25, 0.3) is 0 Å². The van der Waals surface area contributed by atoms with E-state index >= 15 is 28.8 Å². The van der Waals surface area contributed by atoms with Gasteiger partial charge in [-0.25, -0.2) is 0 Å². The second-order valence-electron chi connectivity index (χ2n) is 33.4. The number of rotatable bonds is 48. The number of epoxide rings is 10. The molecule has 0 N–H and O–H groups in total. The zero-order chi connectivity index (χ0) is 73.2. The maximum atomic E-state index is 15.8. The van der Waals surface area contributed by atoms with Crippen LogP contribution in [0.25, 0.3) is 0 Å². The molecule has 10 rings (SSSR count). The van der Waals surface area contributed by atoms with Crippen molar-refractivity contribution >= 4 is 59.7 Å². The van der Waals surface area contributed by atoms with Crippen LogP contribution in [-0.4, -0.2) is 253 Å². The second kappa shape index (κ2) is 30.8. The highest BCUT2D eigenvalue weighted by atomic mass is 16.7. The lowest BCUT2D eigenvalue weighted by molar-refractivity contribution is -0.177. The summed E-state index contributed by atoms with van der Waals surface area (Å²) in [6, 6.07) is 0. The van der Waals surface area contributed by atoms with Gasteiger partial charge in [-0.05, 0) is 141 Å². The Labute approximate surface area is 588 Å². The van der Waals surface area contributed by atoms with Crippen molar-refractivity contribution < 1.29 is 143 Å². The highest BCUT2D eigenvalue weighted by Gasteiger charge is 2.62. The molecule has 10 heterocycles. The molecule has 0 aliphatic carbocycles. The van der Waals surface area contributed by atoms with Crippen LogP contribution in [0.4, 0.5) is 0 Å². The molecule has 30 nitrogen and oxygen atoms in total. The van der Waals surface area contributed by atoms with Gasteiger partial charge in [0, 0.05) is 0 Å². The highest BCUT2D eigenvalue weighted by Crippen LogP contribution is 2.58. The van der Waals surface area contributed by atoms with Crippen LogP contribution in [0.2, 0.25) is 0 Å². The SMILES string of the molecule is CC(C)(CC(C)(CC(C)(CC(C)(CC(C)(CC(C)(CC(C)(CC(C)(CC(C)(CC(C)(C)C(=O)OCC1CO1)C(=O)OCC1CO1)C(=O)OCC1CO1)C(=O)OCC1CO1)C(=O)OCC1CO1)C(=O)OCC1CO1)C(=O)OCC1CO1)C(=O)OCC1CO1)C(=O)OCC1CO1)C(=O)OCC1CO1. The van der Waals surface area contributed by atoms with E-state index in [1.165, 1.54) is 41.5 Å². The van der Waals surface area contributed by atoms with Gasteiger partial charge >= 0.3 is 59.7 Å². The van der Waals surface area contributed by atoms with E-state index in [9.17, 15) is 19.2 Å². The summed E-state index contributed by atoms with van der Waals surface area (Å²) >= 11 is 0. The molecule has 101 heavy (non-hydrogen) atoms. The Morgan fingerprint density at radius 2 is 0.297 bits per heavy atom. The third-order valence-corrected chi connectivity index (χ3v) is 20.2. The molecule has 10 aliphatic rings. The summed E-state index contributed by atoms with van der Waals surface area (Å²) in [5, 5.41) is 0. The first kappa shape index (κ1) is 77.9. The first-order valence-corrected chi connectivity index (χ1v) is 35.2. The van der Waals surface area contributed by atoms with Crippen LogP contribution < -0.4 is 0 Å². The predicted molar refractivity (Wildman–Crippen MR) is 341 cm³/mol. The Kier molecular flexibility index (Phi) is 23.7. The van der Waals surface area contributed by atoms with Crippen LogP contribution in [-0.2, 0) is 143 Å². The minimum atomic E-state index is -2.07. The summed E-state index contributed by atoms with van der Waals surface area (Å²) in [6.07, 6.45) is -8.53. The lowest BCUT2D eigenvalue weighted by Crippen LogP contribution is -2.52. The Hall–Kier alpha value is -5.70. The van der Waals surface area contributed by atoms with Gasteiger partial charge in [0.1, 0.15) is 127 Å². The monoisotopic (exact) mass is 1440 g/mol. The number of hydrogen-bond acceptors (Lipinski definition) is 30. The van der Waals surface area contributed by atoms with Crippen LogP contribution in [0.5, 0.6) is 0 Å². The lowest BCUT2D eigenvalue weighted by Gasteiger charge is -2.47. The molecular formula is C71H104O30. The summed E-state index contributed by atoms with van der Waals surface area (Å²) in [5.41, 5.74) is -18.4. The van der Waals surface area contributed by atoms with Gasteiger partial charge < -0.3 is 94.7 Å². The van der Waals surface area contributed by atoms with Gasteiger partial charge in [-0.3, -0.25) is 47.9 Å². The van der Waals surface area contributed by atoms with Crippen molar-refractivity contribution in [2.24, 2.45) is 54.1 Å². The van der Waals surface area contributed by atoms with Gasteiger partial charge in [0.2, 0.25) is 0 Å². The molecule has 10 fully saturated rings. The Morgan fingerprint density at radius 3 is 0.406 bits per heavy atom. The minimum absolute atomic E-state index is 0.0302. The molecule has 0 aromatic rings. The number of carbonyl (C=O) groups is 10. The minimum Gasteiger partial charge on any atom is -0.462 e. The summed E-state index contributed by atoms with van der Waals surface area (Å²) in [5.74, 6) is -8.46. The van der Waals surface area contributed by atoms with Crippen molar-refractivity contribution in [3.05, 3.63) is 0 Å². The van der Waals surface area contributed by atoms with Gasteiger partial charge in [-0.1, -0.05) is 0 Å². The fourth-order valence-corrected chi connectivity index (χ4v) is 14.9. The molecule has 0 bridgehead atoms. The summed E-state index contributed by atoms with van der Waals surface area (Å²) in [4.78, 5) is 152. The average Bonchev–Trinajstić information content (AvgIpc) is 1.59. The molecule has 18 atom stereocenters. The molecule has 0 aromatic carbocycles. The maximum Gasteiger partial charge on any atom is 0.311 e. The Morgan fingerprint density at radius 1 is 0.198 bits per heavy atom. The third kappa shape index (κ3) is 22.7. The van der Waals surface area contributed by atoms with Gasteiger partial charge in [-0.2, -0.15) is 0 Å². The van der Waals surface area contributed by atoms with E-state index in [4.69, 9.17) is 94.7 Å². The summed E-state index contributed by atoms with van der Waals surface area (Å²) in [6.45, 7) is 19.7. The van der Waals surface area contributed by atoms with Crippen molar-refractivity contribution in [3.63, 3.8) is 0 Å². The van der Waals surface area contributed by atoms with Crippen LogP contribution in [0.3, 0.4) is 0 Å². The van der Waals surface area contributed by atoms with E-state index in [0.717, 1.165) is 0 Å². The molecule has 0 saturated carbocycles. The predicted octanol–water partition coefficient (Wildman–Crippen LogP) is 4.02. The smallest absolute Gasteiger partial charge is 0.311 e. The van der Waals surface area contributed by atoms with Crippen LogP contribution in [0.15, 0.2) is 0 Å². The van der Waals surface area contributed by atoms with Crippen molar-refractivity contribution in [1.29, 1.82) is 0 Å². The molecule has 568 valence electrons. The molecule has 10 aliphatic heterocycles. The fraction of sp³-hybridized carbons (Fsp3) is 0.859. The topological polar surface area (TPSA) is 388 Å². The molecule has 18 unspecified atom stereocenters. The van der Waals surface area contributed by atoms with Gasteiger partial charge in [0.15, 0.2) is 0 Å². The standard InChI is InChI=1S/C71H104O30/c1-62(2,52(72)92-23-42-13-82-42)33-64(5,54(74)94-25-44-15-84-44)35-66(7,56(76)96-27-46-17-86-46)37-68(9,58(78)98-29-48-19-88-48)39-70(11,60(80)100-31-50-21-90-50)41-71(12,61(81)101-32-51-22-91-51)40-69(10,59(79)99-30-49-20-89-49)38-67(8,57(77)97-28-47-18-87-47)36-65(6,55(75)95-26-45-16-85-45)34-63(3,4)53(73)93-24-43-14-83-43/h42-51H,13-41H2,1-12H3. The van der Waals surface area contributed by atoms with Crippen molar-refractivity contribution in [2.45, 2.75) is 202 Å². The zero-order valence-electron chi connectivity index (χ0n) is 60.5. The summed E-state index contributed by atoms with van der Waals surface area (Å²) in [7, 11) is 0. The highest BCUT2D eigenvalue weighted by molar-refractivity contribution is 5.88. The molecule has 0 amide bonds. The molecule has 0 spiro atoms. The number of esters is 10. The first-order valence-electron chi connectivity index (χ1n) is 35.2. The van der Waals surface area contributed by atoms with E-state index in [-0.39, 0.29) is 143 Å². The first-order chi connectivity index (χ1) is 47.4. The van der Waals surface area contributed by atoms with Gasteiger partial charge in [-0.15, -0.1) is 0 Å². The zero-order valence-corrected chi connectivity index (χ0v) is 60.5. The molecule has 30 heteroatoms. The van der Waals surface area contributed by atoms with Crippen molar-refractivity contribution in [2.75, 3.05) is 132 Å². The van der Waals surface area contributed by atoms with E-state index in [1.807, 2.05) is 0 Å². The number of hydrogen-bond donors (Lipinski definition) is 0. The molecule has 0 radical (unpaired) electrons. The Bertz CT molecular complexity index is 2840. The summed E-state index contributed by atoms with van der Waals surface area (Å²) < 4.78 is 114. The fourth-order valence-electron chi connectivity index (χ4n) is 14.9. The molecular weight excluding hydrogens is 1330 g/mol. The van der Waals surface area contributed by atoms with Crippen LogP contribution >= 0.6 is 0 Å². The van der Waals surface area contributed by atoms with E-state index in [0.29, 0.717) is 26.4 Å². The molecule has 0 aromatic heterocycles. The third-order valence-electron chi connectivity index (χ3n) is 20.2. The van der Waals surface area contributed by atoms with Crippen LogP contribution in [0.1, 0.15) is 141 Å². The van der Waals surface area contributed by atoms with E-state index in [2.05, 4.69) is 0 Å². The molecule has 10 saturated heterocycles. The number of ether oxygens (including phenoxy) is 20. The second-order valence-corrected chi connectivity index (χ2v) is 33.4. The normalized spacial score (nSPS) is 29.4. The quantitative estimate of drug-likeness (QED) is 0.0471. The lowest BCUT2D eigenvalue weighted by atomic mass is 9.56. The number of carbonyl (C=O) groups excluding carboxylic acids is 10. The van der Waals surface area contributed by atoms with E-state index < -0.39 is 195 Å². The largest absolute Gasteiger partial charge is 0.462 e.